The van der Waals surface area contributed by atoms with Gasteiger partial charge in [0.1, 0.15) is 37.2 Å². The molecule has 2 aromatic heterocycles. The molecule has 0 spiro atoms. The molecular formula is C21H12BNO5S. The van der Waals surface area contributed by atoms with Crippen LogP contribution in [0.15, 0.2) is 64.8 Å². The lowest BCUT2D eigenvalue weighted by Crippen LogP contribution is -2.24. The molecule has 0 fully saturated rings. The second-order valence-electron chi connectivity index (χ2n) is 6.11. The molecule has 29 heavy (non-hydrogen) atoms. The van der Waals surface area contributed by atoms with Gasteiger partial charge in [0.25, 0.3) is 0 Å². The van der Waals surface area contributed by atoms with Gasteiger partial charge in [-0.05, 0) is 29.7 Å². The highest BCUT2D eigenvalue weighted by atomic mass is 32.1. The third-order valence-electron chi connectivity index (χ3n) is 4.41. The maximum absolute atomic E-state index is 12.9. The summed E-state index contributed by atoms with van der Waals surface area (Å²) in [6, 6.07) is 6.43. The molecule has 8 heteroatoms. The van der Waals surface area contributed by atoms with Crippen LogP contribution in [-0.2, 0) is 11.4 Å². The second-order valence-corrected chi connectivity index (χ2v) is 7.09. The monoisotopic (exact) mass is 401 g/mol. The van der Waals surface area contributed by atoms with Crippen molar-refractivity contribution in [2.45, 2.75) is 6.61 Å². The number of rotatable bonds is 6. The Labute approximate surface area is 170 Å². The van der Waals surface area contributed by atoms with E-state index in [1.165, 1.54) is 17.4 Å². The van der Waals surface area contributed by atoms with E-state index in [0.29, 0.717) is 17.9 Å². The van der Waals surface area contributed by atoms with Crippen LogP contribution in [0, 0.1) is 0 Å². The van der Waals surface area contributed by atoms with Crippen molar-refractivity contribution in [1.29, 1.82) is 0 Å². The highest BCUT2D eigenvalue weighted by molar-refractivity contribution is 7.09. The fraction of sp³-hybridized carbons (Fsp3) is 0.0476. The lowest BCUT2D eigenvalue weighted by molar-refractivity contribution is -0.111. The molecule has 0 bridgehead atoms. The van der Waals surface area contributed by atoms with Crippen LogP contribution < -0.4 is 4.74 Å². The minimum atomic E-state index is -0.843. The normalized spacial score (nSPS) is 13.4. The van der Waals surface area contributed by atoms with Gasteiger partial charge < -0.3 is 9.15 Å². The zero-order chi connectivity index (χ0) is 20.5. The van der Waals surface area contributed by atoms with E-state index in [2.05, 4.69) is 11.6 Å². The Morgan fingerprint density at radius 3 is 2.66 bits per heavy atom. The number of hydrogen-bond acceptors (Lipinski definition) is 7. The standard InChI is InChI=1S/C21H12BNO5S/c1-2-13-17(22)21-16(20(26)19(13)25)14(9-28-21)18(24)11-3-5-12(6-4-11)27-10-15-23-7-8-29-15/h2-9H,1,10H2. The molecule has 0 aliphatic heterocycles. The predicted molar refractivity (Wildman–Crippen MR) is 107 cm³/mol. The fourth-order valence-electron chi connectivity index (χ4n) is 2.96. The molecule has 6 nitrogen and oxygen atoms in total. The van der Waals surface area contributed by atoms with E-state index in [4.69, 9.17) is 17.0 Å². The van der Waals surface area contributed by atoms with Gasteiger partial charge >= 0.3 is 0 Å². The third-order valence-corrected chi connectivity index (χ3v) is 5.17. The summed E-state index contributed by atoms with van der Waals surface area (Å²) in [5.74, 6) is -1.54. The van der Waals surface area contributed by atoms with Crippen molar-refractivity contribution >= 4 is 42.0 Å². The highest BCUT2D eigenvalue weighted by Crippen LogP contribution is 2.33. The van der Waals surface area contributed by atoms with E-state index in [9.17, 15) is 14.4 Å². The molecule has 0 N–H and O–H groups in total. The quantitative estimate of drug-likeness (QED) is 0.358. The van der Waals surface area contributed by atoms with Crippen molar-refractivity contribution in [3.05, 3.63) is 87.8 Å². The molecular weight excluding hydrogens is 389 g/mol. The maximum Gasteiger partial charge on any atom is 0.238 e. The van der Waals surface area contributed by atoms with Crippen molar-refractivity contribution in [3.63, 3.8) is 0 Å². The Kier molecular flexibility index (Phi) is 4.86. The first-order chi connectivity index (χ1) is 14.0. The smallest absolute Gasteiger partial charge is 0.238 e. The lowest BCUT2D eigenvalue weighted by Gasteiger charge is -2.13. The Morgan fingerprint density at radius 2 is 2.00 bits per heavy atom. The van der Waals surface area contributed by atoms with Crippen LogP contribution in [-0.4, -0.2) is 30.2 Å². The first-order valence-corrected chi connectivity index (χ1v) is 9.38. The number of furan rings is 1. The lowest BCUT2D eigenvalue weighted by atomic mass is 9.77. The average Bonchev–Trinajstić information content (AvgIpc) is 3.41. The summed E-state index contributed by atoms with van der Waals surface area (Å²) in [5, 5.41) is 2.70. The van der Waals surface area contributed by atoms with E-state index in [1.807, 2.05) is 5.38 Å². The average molecular weight is 401 g/mol. The van der Waals surface area contributed by atoms with Gasteiger partial charge in [-0.2, -0.15) is 0 Å². The van der Waals surface area contributed by atoms with Gasteiger partial charge in [-0.15, -0.1) is 11.3 Å². The van der Waals surface area contributed by atoms with Crippen LogP contribution in [0.3, 0.4) is 0 Å². The minimum absolute atomic E-state index is 0.00964. The number of ketones is 3. The van der Waals surface area contributed by atoms with E-state index >= 15 is 0 Å². The number of carbonyl (C=O) groups excluding carboxylic acids is 3. The molecule has 1 aliphatic rings. The van der Waals surface area contributed by atoms with Gasteiger partial charge in [-0.3, -0.25) is 14.4 Å². The number of aromatic nitrogens is 1. The Morgan fingerprint density at radius 1 is 1.24 bits per heavy atom. The summed E-state index contributed by atoms with van der Waals surface area (Å²) < 4.78 is 11.0. The fourth-order valence-corrected chi connectivity index (χ4v) is 3.49. The van der Waals surface area contributed by atoms with Crippen LogP contribution in [0.4, 0.5) is 0 Å². The second kappa shape index (κ2) is 7.48. The van der Waals surface area contributed by atoms with Crippen molar-refractivity contribution in [2.24, 2.45) is 0 Å². The van der Waals surface area contributed by atoms with Gasteiger partial charge in [0.2, 0.25) is 11.6 Å². The summed E-state index contributed by atoms with van der Waals surface area (Å²) in [6.45, 7) is 3.81. The predicted octanol–water partition coefficient (Wildman–Crippen LogP) is 3.38. The van der Waals surface area contributed by atoms with E-state index in [1.54, 1.807) is 30.5 Å². The summed E-state index contributed by atoms with van der Waals surface area (Å²) in [6.07, 6.45) is 4.04. The SMILES string of the molecule is [B]C1=C(C=C)C(=O)C(=O)c2c(C(=O)c3ccc(OCc4nccs4)cc3)coc21. The molecule has 0 saturated carbocycles. The summed E-state index contributed by atoms with van der Waals surface area (Å²) in [7, 11) is 5.91. The van der Waals surface area contributed by atoms with E-state index in [-0.39, 0.29) is 27.9 Å². The topological polar surface area (TPSA) is 86.5 Å². The summed E-state index contributed by atoms with van der Waals surface area (Å²) in [5.41, 5.74) is 0.141. The summed E-state index contributed by atoms with van der Waals surface area (Å²) in [4.78, 5) is 41.7. The van der Waals surface area contributed by atoms with Gasteiger partial charge in [0.15, 0.2) is 5.78 Å². The first kappa shape index (κ1) is 18.8. The number of benzene rings is 1. The van der Waals surface area contributed by atoms with Crippen LogP contribution in [0.2, 0.25) is 0 Å². The Balaban J connectivity index is 1.60. The van der Waals surface area contributed by atoms with Crippen molar-refractivity contribution in [3.8, 4) is 5.75 Å². The Hall–Kier alpha value is -3.52. The molecule has 2 heterocycles. The van der Waals surface area contributed by atoms with Gasteiger partial charge in [0, 0.05) is 22.7 Å². The molecule has 3 aromatic rings. The number of Topliss-reactive ketones (excluding diaryl/α,β-unsaturated/α-hetero) is 2. The van der Waals surface area contributed by atoms with Crippen LogP contribution in [0.5, 0.6) is 5.75 Å². The zero-order valence-electron chi connectivity index (χ0n) is 15.0. The van der Waals surface area contributed by atoms with Crippen LogP contribution in [0.25, 0.3) is 5.47 Å². The van der Waals surface area contributed by atoms with E-state index < -0.39 is 17.3 Å². The Bertz CT molecular complexity index is 1170. The number of hydrogen-bond donors (Lipinski definition) is 0. The molecule has 0 unspecified atom stereocenters. The molecule has 0 atom stereocenters. The van der Waals surface area contributed by atoms with E-state index in [0.717, 1.165) is 11.3 Å². The highest BCUT2D eigenvalue weighted by Gasteiger charge is 2.36. The van der Waals surface area contributed by atoms with Crippen molar-refractivity contribution in [1.82, 2.24) is 4.98 Å². The third kappa shape index (κ3) is 3.27. The number of ether oxygens (including phenoxy) is 1. The maximum atomic E-state index is 12.9. The number of carbonyl (C=O) groups is 3. The number of nitrogens with zero attached hydrogens (tertiary/aromatic N) is 1. The van der Waals surface area contributed by atoms with Crippen molar-refractivity contribution in [2.75, 3.05) is 0 Å². The summed E-state index contributed by atoms with van der Waals surface area (Å²) >= 11 is 1.48. The molecule has 1 aromatic carbocycles. The van der Waals surface area contributed by atoms with Crippen LogP contribution >= 0.6 is 11.3 Å². The minimum Gasteiger partial charge on any atom is -0.486 e. The largest absolute Gasteiger partial charge is 0.486 e. The zero-order valence-corrected chi connectivity index (χ0v) is 15.8. The molecule has 0 amide bonds. The van der Waals surface area contributed by atoms with Crippen LogP contribution in [0.1, 0.15) is 37.0 Å². The number of thiazole rings is 1. The molecule has 140 valence electrons. The first-order valence-electron chi connectivity index (χ1n) is 8.50. The van der Waals surface area contributed by atoms with Gasteiger partial charge in [0.05, 0.1) is 11.1 Å². The van der Waals surface area contributed by atoms with Gasteiger partial charge in [-0.1, -0.05) is 12.7 Å². The van der Waals surface area contributed by atoms with Gasteiger partial charge in [-0.25, -0.2) is 4.98 Å². The molecule has 1 aliphatic carbocycles. The molecule has 2 radical (unpaired) electrons. The molecule has 4 rings (SSSR count). The number of fused-ring (bicyclic) bond motifs is 1. The van der Waals surface area contributed by atoms with Crippen molar-refractivity contribution < 1.29 is 23.5 Å². The number of allylic oxidation sites excluding steroid dienone is 2. The molecule has 0 saturated heterocycles.